The molecule has 2 nitrogen and oxygen atoms in total. The van der Waals surface area contributed by atoms with Gasteiger partial charge < -0.3 is 0 Å². The number of hydrogen-bond acceptors (Lipinski definition) is 2. The van der Waals surface area contributed by atoms with Gasteiger partial charge in [-0.25, -0.2) is 4.39 Å². The zero-order valence-corrected chi connectivity index (χ0v) is 9.73. The van der Waals surface area contributed by atoms with Gasteiger partial charge in [0.1, 0.15) is 5.82 Å². The molecule has 0 heterocycles. The van der Waals surface area contributed by atoms with Gasteiger partial charge in [0.05, 0.1) is 10.9 Å². The Balaban J connectivity index is 2.84. The Labute approximate surface area is 102 Å². The molecule has 0 aliphatic heterocycles. The van der Waals surface area contributed by atoms with Crippen LogP contribution in [0, 0.1) is 5.82 Å². The summed E-state index contributed by atoms with van der Waals surface area (Å²) >= 11 is 2.79. The van der Waals surface area contributed by atoms with Gasteiger partial charge in [-0.15, -0.1) is 0 Å². The second-order valence-corrected chi connectivity index (χ2v) is 4.00. The molecule has 0 saturated carbocycles. The fraction of sp³-hybridized carbons (Fsp3) is 0.200. The SMILES string of the molecule is O=C(CC(=O)C(F)(F)F)c1ccc(F)c(Br)c1. The van der Waals surface area contributed by atoms with Crippen molar-refractivity contribution in [2.45, 2.75) is 12.6 Å². The van der Waals surface area contributed by atoms with E-state index in [1.165, 1.54) is 0 Å². The van der Waals surface area contributed by atoms with E-state index in [1.807, 2.05) is 0 Å². The van der Waals surface area contributed by atoms with Gasteiger partial charge in [-0.1, -0.05) is 0 Å². The molecule has 0 aliphatic carbocycles. The standard InChI is InChI=1S/C10H5BrF4O2/c11-6-3-5(1-2-7(6)12)8(16)4-9(17)10(13,14)15/h1-3H,4H2. The summed E-state index contributed by atoms with van der Waals surface area (Å²) in [7, 11) is 0. The molecule has 0 bridgehead atoms. The van der Waals surface area contributed by atoms with E-state index in [2.05, 4.69) is 15.9 Å². The molecule has 0 fully saturated rings. The van der Waals surface area contributed by atoms with E-state index in [9.17, 15) is 27.2 Å². The molecule has 0 spiro atoms. The van der Waals surface area contributed by atoms with Crippen molar-refractivity contribution in [3.05, 3.63) is 34.1 Å². The first-order valence-corrected chi connectivity index (χ1v) is 5.09. The lowest BCUT2D eigenvalue weighted by Crippen LogP contribution is -2.25. The summed E-state index contributed by atoms with van der Waals surface area (Å²) in [5, 5.41) is 0. The van der Waals surface area contributed by atoms with Crippen LogP contribution in [0.25, 0.3) is 0 Å². The summed E-state index contributed by atoms with van der Waals surface area (Å²) in [4.78, 5) is 21.9. The van der Waals surface area contributed by atoms with Crippen molar-refractivity contribution < 1.29 is 27.2 Å². The smallest absolute Gasteiger partial charge is 0.294 e. The lowest BCUT2D eigenvalue weighted by Gasteiger charge is -2.05. The highest BCUT2D eigenvalue weighted by molar-refractivity contribution is 9.10. The van der Waals surface area contributed by atoms with Crippen molar-refractivity contribution in [2.24, 2.45) is 0 Å². The van der Waals surface area contributed by atoms with Crippen LogP contribution in [-0.2, 0) is 4.79 Å². The molecule has 1 rings (SSSR count). The van der Waals surface area contributed by atoms with Crippen molar-refractivity contribution in [1.82, 2.24) is 0 Å². The molecule has 92 valence electrons. The number of halogens is 5. The average molecular weight is 313 g/mol. The van der Waals surface area contributed by atoms with Gasteiger partial charge >= 0.3 is 6.18 Å². The van der Waals surface area contributed by atoms with Crippen LogP contribution < -0.4 is 0 Å². The van der Waals surface area contributed by atoms with E-state index in [0.29, 0.717) is 0 Å². The number of benzene rings is 1. The maximum atomic E-state index is 12.8. The largest absolute Gasteiger partial charge is 0.450 e. The van der Waals surface area contributed by atoms with Crippen LogP contribution in [0.3, 0.4) is 0 Å². The van der Waals surface area contributed by atoms with E-state index < -0.39 is 30.0 Å². The molecule has 0 saturated heterocycles. The predicted octanol–water partition coefficient (Wildman–Crippen LogP) is 3.29. The third-order valence-corrected chi connectivity index (χ3v) is 2.49. The molecular weight excluding hydrogens is 308 g/mol. The number of Topliss-reactive ketones (excluding diaryl/α,β-unsaturated/α-hetero) is 2. The summed E-state index contributed by atoms with van der Waals surface area (Å²) in [6.45, 7) is 0. The molecule has 0 radical (unpaired) electrons. The molecule has 1 aromatic rings. The maximum absolute atomic E-state index is 12.8. The van der Waals surface area contributed by atoms with Crippen LogP contribution in [0.5, 0.6) is 0 Å². The van der Waals surface area contributed by atoms with E-state index in [0.717, 1.165) is 18.2 Å². The molecule has 1 aromatic carbocycles. The summed E-state index contributed by atoms with van der Waals surface area (Å²) < 4.78 is 48.4. The monoisotopic (exact) mass is 312 g/mol. The third-order valence-electron chi connectivity index (χ3n) is 1.88. The summed E-state index contributed by atoms with van der Waals surface area (Å²) in [5.41, 5.74) is -0.157. The van der Waals surface area contributed by atoms with Gasteiger partial charge in [-0.05, 0) is 34.1 Å². The summed E-state index contributed by atoms with van der Waals surface area (Å²) in [5.74, 6) is -3.78. The van der Waals surface area contributed by atoms with Gasteiger partial charge in [-0.2, -0.15) is 13.2 Å². The van der Waals surface area contributed by atoms with E-state index >= 15 is 0 Å². The number of carbonyl (C=O) groups excluding carboxylic acids is 2. The Morgan fingerprint density at radius 2 is 1.82 bits per heavy atom. The second-order valence-electron chi connectivity index (χ2n) is 3.15. The Kier molecular flexibility index (Phi) is 4.03. The van der Waals surface area contributed by atoms with Gasteiger partial charge in [0.25, 0.3) is 0 Å². The van der Waals surface area contributed by atoms with Crippen molar-refractivity contribution in [3.63, 3.8) is 0 Å². The Morgan fingerprint density at radius 3 is 2.29 bits per heavy atom. The van der Waals surface area contributed by atoms with Gasteiger partial charge in [0.15, 0.2) is 5.78 Å². The molecule has 0 atom stereocenters. The quantitative estimate of drug-likeness (QED) is 0.487. The maximum Gasteiger partial charge on any atom is 0.450 e. The highest BCUT2D eigenvalue weighted by Crippen LogP contribution is 2.21. The first kappa shape index (κ1) is 13.8. The van der Waals surface area contributed by atoms with E-state index in [1.54, 1.807) is 0 Å². The highest BCUT2D eigenvalue weighted by Gasteiger charge is 2.39. The molecular formula is C10H5BrF4O2. The number of rotatable bonds is 3. The summed E-state index contributed by atoms with van der Waals surface area (Å²) in [6, 6.07) is 2.97. The highest BCUT2D eigenvalue weighted by atomic mass is 79.9. The molecule has 17 heavy (non-hydrogen) atoms. The van der Waals surface area contributed by atoms with Crippen LogP contribution in [0.1, 0.15) is 16.8 Å². The third kappa shape index (κ3) is 3.62. The van der Waals surface area contributed by atoms with Crippen molar-refractivity contribution in [2.75, 3.05) is 0 Å². The minimum absolute atomic E-state index is 0.0530. The van der Waals surface area contributed by atoms with Gasteiger partial charge in [-0.3, -0.25) is 9.59 Å². The van der Waals surface area contributed by atoms with Crippen LogP contribution in [0.4, 0.5) is 17.6 Å². The van der Waals surface area contributed by atoms with E-state index in [-0.39, 0.29) is 10.0 Å². The fourth-order valence-corrected chi connectivity index (χ4v) is 1.40. The molecule has 7 heteroatoms. The van der Waals surface area contributed by atoms with Crippen LogP contribution in [0.15, 0.2) is 22.7 Å². The predicted molar refractivity (Wildman–Crippen MR) is 54.1 cm³/mol. The van der Waals surface area contributed by atoms with Crippen LogP contribution >= 0.6 is 15.9 Å². The van der Waals surface area contributed by atoms with Crippen molar-refractivity contribution >= 4 is 27.5 Å². The van der Waals surface area contributed by atoms with Crippen molar-refractivity contribution in [1.29, 1.82) is 0 Å². The zero-order chi connectivity index (χ0) is 13.2. The first-order chi connectivity index (χ1) is 7.71. The number of alkyl halides is 3. The average Bonchev–Trinajstić information content (AvgIpc) is 2.20. The topological polar surface area (TPSA) is 34.1 Å². The van der Waals surface area contributed by atoms with Gasteiger partial charge in [0, 0.05) is 5.56 Å². The molecule has 0 amide bonds. The Bertz CT molecular complexity index is 468. The molecule has 0 unspecified atom stereocenters. The summed E-state index contributed by atoms with van der Waals surface area (Å²) in [6.07, 6.45) is -6.31. The van der Waals surface area contributed by atoms with Crippen LogP contribution in [0.2, 0.25) is 0 Å². The molecule has 0 N–H and O–H groups in total. The van der Waals surface area contributed by atoms with Gasteiger partial charge in [0.2, 0.25) is 5.78 Å². The van der Waals surface area contributed by atoms with Crippen LogP contribution in [-0.4, -0.2) is 17.7 Å². The zero-order valence-electron chi connectivity index (χ0n) is 8.15. The molecule has 0 aliphatic rings. The lowest BCUT2D eigenvalue weighted by molar-refractivity contribution is -0.170. The first-order valence-electron chi connectivity index (χ1n) is 4.30. The minimum Gasteiger partial charge on any atom is -0.294 e. The normalized spacial score (nSPS) is 11.4. The lowest BCUT2D eigenvalue weighted by atomic mass is 10.1. The second kappa shape index (κ2) is 4.95. The number of hydrogen-bond donors (Lipinski definition) is 0. The minimum atomic E-state index is -5.03. The number of carbonyl (C=O) groups is 2. The fourth-order valence-electron chi connectivity index (χ4n) is 1.02. The Morgan fingerprint density at radius 1 is 1.24 bits per heavy atom. The van der Waals surface area contributed by atoms with E-state index in [4.69, 9.17) is 0 Å². The molecule has 0 aromatic heterocycles. The number of ketones is 2. The Hall–Kier alpha value is -1.24. The van der Waals surface area contributed by atoms with Crippen molar-refractivity contribution in [3.8, 4) is 0 Å².